The van der Waals surface area contributed by atoms with Gasteiger partial charge in [0.2, 0.25) is 0 Å². The lowest BCUT2D eigenvalue weighted by atomic mass is 9.93. The van der Waals surface area contributed by atoms with Crippen molar-refractivity contribution < 1.29 is 5.11 Å². The van der Waals surface area contributed by atoms with E-state index < -0.39 is 0 Å². The Bertz CT molecular complexity index is 405. The van der Waals surface area contributed by atoms with Crippen LogP contribution in [0.4, 0.5) is 5.69 Å². The fourth-order valence-electron chi connectivity index (χ4n) is 3.00. The Morgan fingerprint density at radius 2 is 2.00 bits per heavy atom. The summed E-state index contributed by atoms with van der Waals surface area (Å²) in [4.78, 5) is 2.32. The van der Waals surface area contributed by atoms with Crippen molar-refractivity contribution in [3.05, 3.63) is 28.8 Å². The maximum absolute atomic E-state index is 9.35. The lowest BCUT2D eigenvalue weighted by Crippen LogP contribution is -2.39. The van der Waals surface area contributed by atoms with Crippen LogP contribution in [0.1, 0.15) is 37.7 Å². The molecule has 0 atom stereocenters. The fourth-order valence-corrected chi connectivity index (χ4v) is 3.19. The highest BCUT2D eigenvalue weighted by atomic mass is 35.5. The minimum atomic E-state index is 0.170. The van der Waals surface area contributed by atoms with E-state index in [1.807, 2.05) is 18.2 Å². The molecule has 1 aliphatic carbocycles. The number of nitrogens with zero attached hydrogens (tertiary/aromatic N) is 1. The van der Waals surface area contributed by atoms with Gasteiger partial charge in [-0.05, 0) is 36.6 Å². The summed E-state index contributed by atoms with van der Waals surface area (Å²) < 4.78 is 0. The third-order valence-electron chi connectivity index (χ3n) is 3.93. The van der Waals surface area contributed by atoms with Crippen LogP contribution in [0, 0.1) is 0 Å². The largest absolute Gasteiger partial charge is 0.395 e. The van der Waals surface area contributed by atoms with Crippen molar-refractivity contribution in [2.45, 2.75) is 44.7 Å². The molecule has 0 amide bonds. The monoisotopic (exact) mass is 282 g/mol. The van der Waals surface area contributed by atoms with Crippen molar-refractivity contribution >= 4 is 17.3 Å². The van der Waals surface area contributed by atoms with Gasteiger partial charge in [0.05, 0.1) is 6.61 Å². The Balaban J connectivity index is 2.26. The van der Waals surface area contributed by atoms with E-state index in [-0.39, 0.29) is 6.61 Å². The Kier molecular flexibility index (Phi) is 5.49. The van der Waals surface area contributed by atoms with Crippen LogP contribution in [0.3, 0.4) is 0 Å². The second-order valence-corrected chi connectivity index (χ2v) is 5.62. The summed E-state index contributed by atoms with van der Waals surface area (Å²) in [5.74, 6) is 0. The zero-order chi connectivity index (χ0) is 13.7. The van der Waals surface area contributed by atoms with Gasteiger partial charge >= 0.3 is 0 Å². The minimum absolute atomic E-state index is 0.170. The number of aliphatic hydroxyl groups excluding tert-OH is 1. The molecule has 0 radical (unpaired) electrons. The molecule has 0 bridgehead atoms. The highest BCUT2D eigenvalue weighted by Crippen LogP contribution is 2.30. The summed E-state index contributed by atoms with van der Waals surface area (Å²) in [5, 5.41) is 10.1. The van der Waals surface area contributed by atoms with Crippen LogP contribution in [0.25, 0.3) is 0 Å². The predicted molar refractivity (Wildman–Crippen MR) is 80.6 cm³/mol. The molecular formula is C15H23ClN2O. The molecule has 0 aliphatic heterocycles. The first kappa shape index (κ1) is 14.6. The molecule has 0 spiro atoms. The third kappa shape index (κ3) is 3.62. The van der Waals surface area contributed by atoms with E-state index >= 15 is 0 Å². The zero-order valence-corrected chi connectivity index (χ0v) is 12.1. The Hall–Kier alpha value is -0.770. The molecule has 19 heavy (non-hydrogen) atoms. The van der Waals surface area contributed by atoms with Crippen molar-refractivity contribution in [2.24, 2.45) is 5.73 Å². The first-order valence-electron chi connectivity index (χ1n) is 7.12. The topological polar surface area (TPSA) is 49.5 Å². The van der Waals surface area contributed by atoms with Gasteiger partial charge < -0.3 is 15.7 Å². The molecule has 1 aromatic rings. The fraction of sp³-hybridized carbons (Fsp3) is 0.600. The predicted octanol–water partition coefficient (Wildman–Crippen LogP) is 2.93. The molecule has 4 heteroatoms. The second kappa shape index (κ2) is 7.13. The summed E-state index contributed by atoms with van der Waals surface area (Å²) in [5.41, 5.74) is 8.03. The number of hydrogen-bond donors (Lipinski definition) is 2. The molecule has 0 saturated heterocycles. The Labute approximate surface area is 120 Å². The average molecular weight is 283 g/mol. The van der Waals surface area contributed by atoms with Gasteiger partial charge in [0.15, 0.2) is 0 Å². The number of benzene rings is 1. The molecule has 3 nitrogen and oxygen atoms in total. The first-order valence-corrected chi connectivity index (χ1v) is 7.50. The van der Waals surface area contributed by atoms with E-state index in [4.69, 9.17) is 17.3 Å². The van der Waals surface area contributed by atoms with Crippen molar-refractivity contribution in [1.82, 2.24) is 0 Å². The van der Waals surface area contributed by atoms with Crippen LogP contribution in [-0.2, 0) is 6.54 Å². The van der Waals surface area contributed by atoms with Crippen LogP contribution in [0.2, 0.25) is 5.02 Å². The van der Waals surface area contributed by atoms with E-state index in [1.54, 1.807) is 0 Å². The second-order valence-electron chi connectivity index (χ2n) is 5.19. The molecule has 3 N–H and O–H groups in total. The number of halogens is 1. The van der Waals surface area contributed by atoms with Gasteiger partial charge in [-0.2, -0.15) is 0 Å². The average Bonchev–Trinajstić information content (AvgIpc) is 2.46. The van der Waals surface area contributed by atoms with Crippen LogP contribution in [-0.4, -0.2) is 24.3 Å². The number of aliphatic hydroxyl groups is 1. The lowest BCUT2D eigenvalue weighted by molar-refractivity contribution is 0.290. The van der Waals surface area contributed by atoms with Gasteiger partial charge in [0.25, 0.3) is 0 Å². The lowest BCUT2D eigenvalue weighted by Gasteiger charge is -2.37. The standard InChI is InChI=1S/C15H23ClN2O/c16-13-6-7-15(12(10-13)11-17)18(8-9-19)14-4-2-1-3-5-14/h6-7,10,14,19H,1-5,8-9,11,17H2. The van der Waals surface area contributed by atoms with Crippen molar-refractivity contribution in [1.29, 1.82) is 0 Å². The summed E-state index contributed by atoms with van der Waals surface area (Å²) in [6, 6.07) is 6.40. The van der Waals surface area contributed by atoms with E-state index in [0.717, 1.165) is 16.3 Å². The maximum Gasteiger partial charge on any atom is 0.0606 e. The van der Waals surface area contributed by atoms with Gasteiger partial charge in [0.1, 0.15) is 0 Å². The van der Waals surface area contributed by atoms with E-state index in [2.05, 4.69) is 4.90 Å². The van der Waals surface area contributed by atoms with Crippen molar-refractivity contribution in [3.63, 3.8) is 0 Å². The Morgan fingerprint density at radius 1 is 1.26 bits per heavy atom. The van der Waals surface area contributed by atoms with Gasteiger partial charge in [-0.25, -0.2) is 0 Å². The SMILES string of the molecule is NCc1cc(Cl)ccc1N(CCO)C1CCCCC1. The van der Waals surface area contributed by atoms with E-state index in [0.29, 0.717) is 19.1 Å². The molecule has 1 saturated carbocycles. The number of rotatable bonds is 5. The number of hydrogen-bond acceptors (Lipinski definition) is 3. The van der Waals surface area contributed by atoms with Gasteiger partial charge in [-0.3, -0.25) is 0 Å². The van der Waals surface area contributed by atoms with Gasteiger partial charge in [-0.1, -0.05) is 30.9 Å². The molecule has 0 unspecified atom stereocenters. The molecule has 1 aliphatic rings. The van der Waals surface area contributed by atoms with Crippen LogP contribution in [0.15, 0.2) is 18.2 Å². The zero-order valence-electron chi connectivity index (χ0n) is 11.3. The molecule has 1 aromatic carbocycles. The molecule has 1 fully saturated rings. The van der Waals surface area contributed by atoms with Crippen LogP contribution < -0.4 is 10.6 Å². The van der Waals surface area contributed by atoms with E-state index in [1.165, 1.54) is 32.1 Å². The van der Waals surface area contributed by atoms with Crippen molar-refractivity contribution in [2.75, 3.05) is 18.1 Å². The van der Waals surface area contributed by atoms with Crippen molar-refractivity contribution in [3.8, 4) is 0 Å². The normalized spacial score (nSPS) is 16.6. The first-order chi connectivity index (χ1) is 9.26. The van der Waals surface area contributed by atoms with Crippen LogP contribution in [0.5, 0.6) is 0 Å². The summed E-state index contributed by atoms with van der Waals surface area (Å²) in [6.07, 6.45) is 6.28. The highest BCUT2D eigenvalue weighted by Gasteiger charge is 2.22. The Morgan fingerprint density at radius 3 is 2.63 bits per heavy atom. The summed E-state index contributed by atoms with van der Waals surface area (Å²) >= 11 is 6.04. The molecule has 106 valence electrons. The minimum Gasteiger partial charge on any atom is -0.395 e. The molecule has 2 rings (SSSR count). The van der Waals surface area contributed by atoms with Crippen LogP contribution >= 0.6 is 11.6 Å². The smallest absolute Gasteiger partial charge is 0.0606 e. The molecule has 0 heterocycles. The van der Waals surface area contributed by atoms with Gasteiger partial charge in [0, 0.05) is 29.8 Å². The molecule has 0 aromatic heterocycles. The molecular weight excluding hydrogens is 260 g/mol. The number of anilines is 1. The van der Waals surface area contributed by atoms with Gasteiger partial charge in [-0.15, -0.1) is 0 Å². The highest BCUT2D eigenvalue weighted by molar-refractivity contribution is 6.30. The van der Waals surface area contributed by atoms with E-state index in [9.17, 15) is 5.11 Å². The summed E-state index contributed by atoms with van der Waals surface area (Å²) in [6.45, 7) is 1.31. The number of nitrogens with two attached hydrogens (primary N) is 1. The quantitative estimate of drug-likeness (QED) is 0.873. The maximum atomic E-state index is 9.35. The third-order valence-corrected chi connectivity index (χ3v) is 4.16. The summed E-state index contributed by atoms with van der Waals surface area (Å²) in [7, 11) is 0.